The smallest absolute Gasteiger partial charge is 0.0249 e. The van der Waals surface area contributed by atoms with Crippen LogP contribution in [0.1, 0.15) is 59.3 Å². The van der Waals surface area contributed by atoms with Gasteiger partial charge in [0.25, 0.3) is 0 Å². The molecule has 0 spiro atoms. The maximum absolute atomic E-state index is 3.58. The molecule has 0 aromatic heterocycles. The van der Waals surface area contributed by atoms with Gasteiger partial charge in [-0.25, -0.2) is 0 Å². The molecule has 2 rings (SSSR count). The highest BCUT2D eigenvalue weighted by Crippen LogP contribution is 2.42. The Balaban J connectivity index is 1.99. The summed E-state index contributed by atoms with van der Waals surface area (Å²) in [6.07, 6.45) is 8.37. The van der Waals surface area contributed by atoms with E-state index in [1.54, 1.807) is 0 Å². The lowest BCUT2D eigenvalue weighted by Gasteiger charge is -2.46. The zero-order valence-corrected chi connectivity index (χ0v) is 13.7. The highest BCUT2D eigenvalue weighted by molar-refractivity contribution is 4.94. The molecule has 0 aromatic carbocycles. The second-order valence-corrected chi connectivity index (χ2v) is 7.70. The first-order valence-electron chi connectivity index (χ1n) is 8.35. The monoisotopic (exact) mass is 266 g/mol. The number of likely N-dealkylation sites (N-methyl/N-ethyl adjacent to an activating group) is 2. The van der Waals surface area contributed by atoms with E-state index in [4.69, 9.17) is 0 Å². The lowest BCUT2D eigenvalue weighted by atomic mass is 9.67. The quantitative estimate of drug-likeness (QED) is 0.791. The van der Waals surface area contributed by atoms with E-state index < -0.39 is 0 Å². The fraction of sp³-hybridized carbons (Fsp3) is 1.00. The third-order valence-electron chi connectivity index (χ3n) is 6.01. The molecule has 0 radical (unpaired) electrons. The Kier molecular flexibility index (Phi) is 4.94. The van der Waals surface area contributed by atoms with Gasteiger partial charge in [0.15, 0.2) is 0 Å². The van der Waals surface area contributed by atoms with Crippen LogP contribution in [0.2, 0.25) is 0 Å². The van der Waals surface area contributed by atoms with Crippen LogP contribution in [0.5, 0.6) is 0 Å². The first kappa shape index (κ1) is 15.3. The van der Waals surface area contributed by atoms with Crippen molar-refractivity contribution in [1.82, 2.24) is 10.2 Å². The van der Waals surface area contributed by atoms with Crippen LogP contribution >= 0.6 is 0 Å². The van der Waals surface area contributed by atoms with E-state index in [0.717, 1.165) is 17.9 Å². The minimum absolute atomic E-state index is 0.511. The van der Waals surface area contributed by atoms with Crippen molar-refractivity contribution in [1.29, 1.82) is 0 Å². The molecule has 0 saturated heterocycles. The molecule has 0 heterocycles. The Bertz CT molecular complexity index is 283. The molecule has 0 amide bonds. The van der Waals surface area contributed by atoms with Crippen LogP contribution < -0.4 is 5.32 Å². The average Bonchev–Trinajstić information content (AvgIpc) is 3.21. The summed E-state index contributed by atoms with van der Waals surface area (Å²) in [5.74, 6) is 1.90. The number of nitrogens with zero attached hydrogens (tertiary/aromatic N) is 1. The third-order valence-corrected chi connectivity index (χ3v) is 6.01. The van der Waals surface area contributed by atoms with Crippen LogP contribution in [0.3, 0.4) is 0 Å². The predicted octanol–water partition coefficient (Wildman–Crippen LogP) is 3.52. The second-order valence-electron chi connectivity index (χ2n) is 7.70. The van der Waals surface area contributed by atoms with Crippen molar-refractivity contribution in [2.75, 3.05) is 20.6 Å². The Morgan fingerprint density at radius 3 is 2.37 bits per heavy atom. The fourth-order valence-corrected chi connectivity index (χ4v) is 3.81. The van der Waals surface area contributed by atoms with Crippen molar-refractivity contribution < 1.29 is 0 Å². The number of hydrogen-bond donors (Lipinski definition) is 1. The summed E-state index contributed by atoms with van der Waals surface area (Å²) in [4.78, 5) is 2.66. The molecule has 112 valence electrons. The van der Waals surface area contributed by atoms with Crippen LogP contribution in [-0.4, -0.2) is 37.6 Å². The molecule has 0 bridgehead atoms. The summed E-state index contributed by atoms with van der Waals surface area (Å²) in [6, 6.07) is 1.45. The van der Waals surface area contributed by atoms with E-state index in [0.29, 0.717) is 11.5 Å². The van der Waals surface area contributed by atoms with Gasteiger partial charge < -0.3 is 10.2 Å². The lowest BCUT2D eigenvalue weighted by Crippen LogP contribution is -2.53. The molecule has 2 aliphatic carbocycles. The number of rotatable bonds is 6. The Morgan fingerprint density at radius 1 is 1.16 bits per heavy atom. The van der Waals surface area contributed by atoms with Crippen molar-refractivity contribution in [3.63, 3.8) is 0 Å². The normalized spacial score (nSPS) is 32.8. The maximum Gasteiger partial charge on any atom is 0.0249 e. The first-order valence-corrected chi connectivity index (χ1v) is 8.35. The fourth-order valence-electron chi connectivity index (χ4n) is 3.81. The van der Waals surface area contributed by atoms with E-state index in [-0.39, 0.29) is 0 Å². The van der Waals surface area contributed by atoms with Crippen molar-refractivity contribution in [3.05, 3.63) is 0 Å². The summed E-state index contributed by atoms with van der Waals surface area (Å²) >= 11 is 0. The SMILES string of the molecule is CCC(C)(C)C1CCC(NC)C(N(C)CC2CC2)C1. The predicted molar refractivity (Wildman–Crippen MR) is 83.4 cm³/mol. The van der Waals surface area contributed by atoms with Gasteiger partial charge in [0.05, 0.1) is 0 Å². The van der Waals surface area contributed by atoms with E-state index in [9.17, 15) is 0 Å². The van der Waals surface area contributed by atoms with Crippen molar-refractivity contribution in [2.24, 2.45) is 17.3 Å². The number of hydrogen-bond acceptors (Lipinski definition) is 2. The standard InChI is InChI=1S/C17H34N2/c1-6-17(2,3)14-9-10-15(18-4)16(11-14)19(5)12-13-7-8-13/h13-16,18H,6-12H2,1-5H3. The summed E-state index contributed by atoms with van der Waals surface area (Å²) in [7, 11) is 4.50. The number of nitrogens with one attached hydrogen (secondary N) is 1. The van der Waals surface area contributed by atoms with E-state index in [2.05, 4.69) is 45.1 Å². The zero-order valence-electron chi connectivity index (χ0n) is 13.7. The van der Waals surface area contributed by atoms with Gasteiger partial charge in [0.2, 0.25) is 0 Å². The molecule has 19 heavy (non-hydrogen) atoms. The molecule has 2 heteroatoms. The molecule has 3 unspecified atom stereocenters. The van der Waals surface area contributed by atoms with Gasteiger partial charge >= 0.3 is 0 Å². The van der Waals surface area contributed by atoms with Gasteiger partial charge in [-0.15, -0.1) is 0 Å². The molecule has 2 saturated carbocycles. The summed E-state index contributed by atoms with van der Waals surface area (Å²) in [5, 5.41) is 3.58. The molecule has 3 atom stereocenters. The summed E-state index contributed by atoms with van der Waals surface area (Å²) in [5.41, 5.74) is 0.511. The minimum Gasteiger partial charge on any atom is -0.315 e. The lowest BCUT2D eigenvalue weighted by molar-refractivity contribution is 0.0625. The van der Waals surface area contributed by atoms with Crippen LogP contribution in [0.25, 0.3) is 0 Å². The first-order chi connectivity index (χ1) is 8.97. The van der Waals surface area contributed by atoms with Crippen LogP contribution in [0.15, 0.2) is 0 Å². The van der Waals surface area contributed by atoms with Gasteiger partial charge in [0.1, 0.15) is 0 Å². The van der Waals surface area contributed by atoms with E-state index in [1.165, 1.54) is 45.1 Å². The Morgan fingerprint density at radius 2 is 1.84 bits per heavy atom. The molecule has 2 aliphatic rings. The van der Waals surface area contributed by atoms with Gasteiger partial charge in [0, 0.05) is 18.6 Å². The molecular weight excluding hydrogens is 232 g/mol. The zero-order chi connectivity index (χ0) is 14.0. The summed E-state index contributed by atoms with van der Waals surface area (Å²) < 4.78 is 0. The topological polar surface area (TPSA) is 15.3 Å². The van der Waals surface area contributed by atoms with E-state index >= 15 is 0 Å². The van der Waals surface area contributed by atoms with Crippen molar-refractivity contribution >= 4 is 0 Å². The Hall–Kier alpha value is -0.0800. The van der Waals surface area contributed by atoms with Crippen LogP contribution in [-0.2, 0) is 0 Å². The maximum atomic E-state index is 3.58. The summed E-state index contributed by atoms with van der Waals surface area (Å²) in [6.45, 7) is 8.61. The molecule has 2 nitrogen and oxygen atoms in total. The Labute approximate surface area is 120 Å². The van der Waals surface area contributed by atoms with Gasteiger partial charge in [-0.3, -0.25) is 0 Å². The molecule has 0 aliphatic heterocycles. The molecule has 0 aromatic rings. The highest BCUT2D eigenvalue weighted by atomic mass is 15.2. The van der Waals surface area contributed by atoms with Crippen LogP contribution in [0.4, 0.5) is 0 Å². The second kappa shape index (κ2) is 6.13. The molecular formula is C17H34N2. The molecule has 1 N–H and O–H groups in total. The average molecular weight is 266 g/mol. The largest absolute Gasteiger partial charge is 0.315 e. The minimum atomic E-state index is 0.511. The highest BCUT2D eigenvalue weighted by Gasteiger charge is 2.39. The molecule has 2 fully saturated rings. The van der Waals surface area contributed by atoms with Gasteiger partial charge in [-0.1, -0.05) is 27.2 Å². The van der Waals surface area contributed by atoms with Gasteiger partial charge in [-0.05, 0) is 63.5 Å². The van der Waals surface area contributed by atoms with Crippen LogP contribution in [0, 0.1) is 17.3 Å². The van der Waals surface area contributed by atoms with Crippen molar-refractivity contribution in [2.45, 2.75) is 71.4 Å². The van der Waals surface area contributed by atoms with E-state index in [1.807, 2.05) is 0 Å². The van der Waals surface area contributed by atoms with Crippen molar-refractivity contribution in [3.8, 4) is 0 Å². The van der Waals surface area contributed by atoms with Gasteiger partial charge in [-0.2, -0.15) is 0 Å². The third kappa shape index (κ3) is 3.72.